The van der Waals surface area contributed by atoms with Crippen LogP contribution in [-0.2, 0) is 0 Å². The van der Waals surface area contributed by atoms with Crippen LogP contribution in [0.3, 0.4) is 0 Å². The summed E-state index contributed by atoms with van der Waals surface area (Å²) in [5.74, 6) is 1.53. The molecule has 1 aliphatic heterocycles. The molecule has 0 aliphatic carbocycles. The van der Waals surface area contributed by atoms with Crippen LogP contribution >= 0.6 is 11.3 Å². The number of hydrogen-bond donors (Lipinski definition) is 1. The third-order valence-corrected chi connectivity index (χ3v) is 11.3. The van der Waals surface area contributed by atoms with Crippen LogP contribution < -0.4 is 5.32 Å². The molecule has 10 aromatic rings. The summed E-state index contributed by atoms with van der Waals surface area (Å²) in [4.78, 5) is 10.4. The van der Waals surface area contributed by atoms with Crippen LogP contribution in [0.5, 0.6) is 0 Å². The van der Waals surface area contributed by atoms with Gasteiger partial charge in [0.2, 0.25) is 0 Å². The van der Waals surface area contributed by atoms with Crippen molar-refractivity contribution in [3.8, 4) is 5.69 Å². The number of benzene rings is 7. The molecule has 1 aliphatic rings. The van der Waals surface area contributed by atoms with E-state index < -0.39 is 0 Å². The number of furan rings is 1. The van der Waals surface area contributed by atoms with Crippen molar-refractivity contribution in [3.63, 3.8) is 0 Å². The van der Waals surface area contributed by atoms with Gasteiger partial charge in [0.25, 0.3) is 0 Å². The van der Waals surface area contributed by atoms with Crippen molar-refractivity contribution < 1.29 is 4.42 Å². The highest BCUT2D eigenvalue weighted by Gasteiger charge is 2.25. The van der Waals surface area contributed by atoms with Crippen LogP contribution in [0.25, 0.3) is 69.6 Å². The molecule has 0 radical (unpaired) electrons. The Morgan fingerprint density at radius 1 is 0.549 bits per heavy atom. The van der Waals surface area contributed by atoms with Crippen molar-refractivity contribution in [1.82, 2.24) is 9.88 Å². The summed E-state index contributed by atoms with van der Waals surface area (Å²) in [5.41, 5.74) is 8.36. The van der Waals surface area contributed by atoms with E-state index in [9.17, 15) is 0 Å². The maximum atomic E-state index is 6.63. The Morgan fingerprint density at radius 2 is 1.20 bits per heavy atom. The zero-order valence-electron chi connectivity index (χ0n) is 27.2. The molecule has 1 atom stereocenters. The number of fused-ring (bicyclic) bond motifs is 10. The second kappa shape index (κ2) is 11.0. The molecule has 5 nitrogen and oxygen atoms in total. The number of aliphatic imine (C=N–C) groups is 2. The Hall–Kier alpha value is -6.50. The lowest BCUT2D eigenvalue weighted by molar-refractivity contribution is 0.669. The molecule has 51 heavy (non-hydrogen) atoms. The zero-order chi connectivity index (χ0) is 33.5. The van der Waals surface area contributed by atoms with Crippen molar-refractivity contribution in [2.24, 2.45) is 9.98 Å². The van der Waals surface area contributed by atoms with Crippen molar-refractivity contribution in [2.75, 3.05) is 0 Å². The first-order valence-corrected chi connectivity index (χ1v) is 17.9. The fourth-order valence-electron chi connectivity index (χ4n) is 7.80. The smallest absolute Gasteiger partial charge is 0.160 e. The molecule has 1 unspecified atom stereocenters. The van der Waals surface area contributed by atoms with E-state index in [0.717, 1.165) is 60.7 Å². The number of rotatable bonds is 4. The van der Waals surface area contributed by atoms with Gasteiger partial charge in [0.15, 0.2) is 5.84 Å². The third kappa shape index (κ3) is 4.27. The lowest BCUT2D eigenvalue weighted by atomic mass is 10.0. The van der Waals surface area contributed by atoms with Crippen LogP contribution in [0.2, 0.25) is 0 Å². The fourth-order valence-corrected chi connectivity index (χ4v) is 9.16. The number of amidine groups is 2. The molecule has 0 saturated carbocycles. The van der Waals surface area contributed by atoms with Gasteiger partial charge >= 0.3 is 0 Å². The SMILES string of the molecule is c1ccc(C2=NC(c3cccc4c3sc3c4ccc4oc5cccc(-n6c7ccccc7c7ccccc76)c5c43)=NC(c3ccccc3)N2)cc1. The van der Waals surface area contributed by atoms with E-state index in [2.05, 4.69) is 143 Å². The molecule has 0 bridgehead atoms. The molecule has 4 heterocycles. The van der Waals surface area contributed by atoms with E-state index in [0.29, 0.717) is 0 Å². The van der Waals surface area contributed by atoms with Crippen LogP contribution in [0.1, 0.15) is 22.9 Å². The second-order valence-corrected chi connectivity index (χ2v) is 14.0. The molecule has 11 rings (SSSR count). The standard InChI is InChI=1S/C45H28N4OS/c1-3-13-27(14-4-1)43-46-44(28-15-5-2-6-16-28)48-45(47-43)33-20-11-19-31-32-25-26-38-40(42(32)51-41(31)33)39-36(23-12-24-37(39)50-38)49-34-21-9-7-17-29(34)30-18-8-10-22-35(30)49/h1-26,43H,(H,46,47,48). The predicted molar refractivity (Wildman–Crippen MR) is 213 cm³/mol. The minimum Gasteiger partial charge on any atom is -0.456 e. The van der Waals surface area contributed by atoms with Gasteiger partial charge in [-0.1, -0.05) is 115 Å². The van der Waals surface area contributed by atoms with Crippen LogP contribution in [0, 0.1) is 0 Å². The van der Waals surface area contributed by atoms with Gasteiger partial charge in [-0.25, -0.2) is 9.98 Å². The summed E-state index contributed by atoms with van der Waals surface area (Å²) in [7, 11) is 0. The quantitative estimate of drug-likeness (QED) is 0.202. The number of thiophene rings is 1. The monoisotopic (exact) mass is 672 g/mol. The topological polar surface area (TPSA) is 54.8 Å². The highest BCUT2D eigenvalue weighted by molar-refractivity contribution is 7.27. The van der Waals surface area contributed by atoms with Crippen LogP contribution in [0.15, 0.2) is 172 Å². The van der Waals surface area contributed by atoms with Gasteiger partial charge in [-0.15, -0.1) is 11.3 Å². The predicted octanol–water partition coefficient (Wildman–Crippen LogP) is 11.5. The summed E-state index contributed by atoms with van der Waals surface area (Å²) in [6.45, 7) is 0. The molecule has 0 amide bonds. The van der Waals surface area contributed by atoms with E-state index in [1.54, 1.807) is 11.3 Å². The Labute approximate surface area is 296 Å². The summed E-state index contributed by atoms with van der Waals surface area (Å²) in [6.07, 6.45) is -0.267. The van der Waals surface area contributed by atoms with Gasteiger partial charge in [0, 0.05) is 47.5 Å². The first kappa shape index (κ1) is 28.3. The van der Waals surface area contributed by atoms with Crippen LogP contribution in [-0.4, -0.2) is 16.2 Å². The molecule has 6 heteroatoms. The Bertz CT molecular complexity index is 3010. The fraction of sp³-hybridized carbons (Fsp3) is 0.0222. The highest BCUT2D eigenvalue weighted by Crippen LogP contribution is 2.46. The maximum Gasteiger partial charge on any atom is 0.160 e. The van der Waals surface area contributed by atoms with Gasteiger partial charge in [-0.2, -0.15) is 0 Å². The first-order chi connectivity index (χ1) is 25.3. The molecule has 0 saturated heterocycles. The molecular formula is C45H28N4OS. The van der Waals surface area contributed by atoms with Crippen molar-refractivity contribution in [1.29, 1.82) is 0 Å². The average Bonchev–Trinajstić information content (AvgIpc) is 3.88. The average molecular weight is 673 g/mol. The third-order valence-electron chi connectivity index (χ3n) is 10.1. The first-order valence-electron chi connectivity index (χ1n) is 17.1. The minimum atomic E-state index is -0.267. The van der Waals surface area contributed by atoms with E-state index in [-0.39, 0.29) is 6.17 Å². The number of nitrogens with one attached hydrogen (secondary N) is 1. The number of aromatic nitrogens is 1. The minimum absolute atomic E-state index is 0.267. The molecule has 1 N–H and O–H groups in total. The summed E-state index contributed by atoms with van der Waals surface area (Å²) in [6, 6.07) is 55.3. The van der Waals surface area contributed by atoms with Crippen molar-refractivity contribution in [3.05, 3.63) is 174 Å². The van der Waals surface area contributed by atoms with E-state index in [1.807, 2.05) is 24.3 Å². The second-order valence-electron chi connectivity index (χ2n) is 13.0. The molecule has 0 fully saturated rings. The lowest BCUT2D eigenvalue weighted by Crippen LogP contribution is -2.33. The number of nitrogens with zero attached hydrogens (tertiary/aromatic N) is 3. The Morgan fingerprint density at radius 3 is 1.98 bits per heavy atom. The number of hydrogen-bond acceptors (Lipinski definition) is 5. The highest BCUT2D eigenvalue weighted by atomic mass is 32.1. The molecule has 7 aromatic carbocycles. The van der Waals surface area contributed by atoms with Crippen molar-refractivity contribution >= 4 is 86.9 Å². The zero-order valence-corrected chi connectivity index (χ0v) is 28.1. The Kier molecular flexibility index (Phi) is 6.12. The largest absolute Gasteiger partial charge is 0.456 e. The maximum absolute atomic E-state index is 6.63. The van der Waals surface area contributed by atoms with E-state index in [1.165, 1.54) is 37.3 Å². The normalized spacial score (nSPS) is 14.9. The van der Waals surface area contributed by atoms with Gasteiger partial charge in [0.1, 0.15) is 23.2 Å². The molecule has 3 aromatic heterocycles. The molecule has 0 spiro atoms. The summed E-state index contributed by atoms with van der Waals surface area (Å²) < 4.78 is 11.4. The molecular weight excluding hydrogens is 645 g/mol. The van der Waals surface area contributed by atoms with Crippen LogP contribution in [0.4, 0.5) is 0 Å². The van der Waals surface area contributed by atoms with E-state index >= 15 is 0 Å². The summed E-state index contributed by atoms with van der Waals surface area (Å²) in [5, 5.41) is 10.7. The lowest BCUT2D eigenvalue weighted by Gasteiger charge is -2.23. The van der Waals surface area contributed by atoms with Gasteiger partial charge in [0.05, 0.1) is 22.1 Å². The van der Waals surface area contributed by atoms with Gasteiger partial charge < -0.3 is 14.3 Å². The molecule has 240 valence electrons. The van der Waals surface area contributed by atoms with Crippen molar-refractivity contribution in [2.45, 2.75) is 6.17 Å². The van der Waals surface area contributed by atoms with Gasteiger partial charge in [-0.3, -0.25) is 0 Å². The van der Waals surface area contributed by atoms with E-state index in [4.69, 9.17) is 14.4 Å². The number of para-hydroxylation sites is 2. The summed E-state index contributed by atoms with van der Waals surface area (Å²) >= 11 is 1.80. The Balaban J connectivity index is 1.18. The van der Waals surface area contributed by atoms with Gasteiger partial charge in [-0.05, 0) is 48.0 Å².